The van der Waals surface area contributed by atoms with Gasteiger partial charge in [-0.2, -0.15) is 0 Å². The maximum Gasteiger partial charge on any atom is 0.255 e. The first-order valence-corrected chi connectivity index (χ1v) is 6.68. The van der Waals surface area contributed by atoms with Crippen LogP contribution >= 0.6 is 11.6 Å². The number of aryl methyl sites for hydroxylation is 1. The maximum atomic E-state index is 12.3. The molecule has 1 heterocycles. The predicted molar refractivity (Wildman–Crippen MR) is 81.1 cm³/mol. The van der Waals surface area contributed by atoms with E-state index in [4.69, 9.17) is 26.8 Å². The summed E-state index contributed by atoms with van der Waals surface area (Å²) in [5.41, 5.74) is 8.16. The van der Waals surface area contributed by atoms with Crippen LogP contribution in [-0.4, -0.2) is 12.7 Å². The first-order chi connectivity index (χ1) is 10.0. The smallest absolute Gasteiger partial charge is 0.255 e. The fourth-order valence-electron chi connectivity index (χ4n) is 2.13. The molecule has 6 heteroatoms. The molecule has 0 unspecified atom stereocenters. The van der Waals surface area contributed by atoms with Crippen molar-refractivity contribution in [2.75, 3.05) is 17.8 Å². The van der Waals surface area contributed by atoms with Gasteiger partial charge in [-0.25, -0.2) is 0 Å². The first-order valence-electron chi connectivity index (χ1n) is 6.30. The van der Waals surface area contributed by atoms with Crippen LogP contribution in [0.1, 0.15) is 15.9 Å². The monoisotopic (exact) mass is 304 g/mol. The van der Waals surface area contributed by atoms with Gasteiger partial charge < -0.3 is 20.5 Å². The van der Waals surface area contributed by atoms with Crippen molar-refractivity contribution in [3.63, 3.8) is 0 Å². The molecule has 0 atom stereocenters. The third kappa shape index (κ3) is 2.73. The van der Waals surface area contributed by atoms with Gasteiger partial charge in [0, 0.05) is 22.7 Å². The molecule has 0 aliphatic carbocycles. The average molecular weight is 305 g/mol. The van der Waals surface area contributed by atoms with Crippen molar-refractivity contribution in [1.82, 2.24) is 0 Å². The minimum atomic E-state index is -0.286. The highest BCUT2D eigenvalue weighted by atomic mass is 35.5. The van der Waals surface area contributed by atoms with Crippen molar-refractivity contribution in [3.05, 3.63) is 46.5 Å². The zero-order valence-corrected chi connectivity index (χ0v) is 12.0. The Morgan fingerprint density at radius 1 is 1.19 bits per heavy atom. The van der Waals surface area contributed by atoms with Crippen molar-refractivity contribution in [2.45, 2.75) is 6.92 Å². The molecule has 0 bridgehead atoms. The van der Waals surface area contributed by atoms with Gasteiger partial charge in [0.05, 0.1) is 11.4 Å². The summed E-state index contributed by atoms with van der Waals surface area (Å²) >= 11 is 5.96. The summed E-state index contributed by atoms with van der Waals surface area (Å²) in [6, 6.07) is 8.42. The van der Waals surface area contributed by atoms with Crippen molar-refractivity contribution < 1.29 is 14.3 Å². The quantitative estimate of drug-likeness (QED) is 0.836. The fraction of sp³-hybridized carbons (Fsp3) is 0.133. The summed E-state index contributed by atoms with van der Waals surface area (Å²) in [7, 11) is 0. The molecule has 0 saturated heterocycles. The molecule has 1 aliphatic rings. The topological polar surface area (TPSA) is 73.6 Å². The molecule has 0 radical (unpaired) electrons. The van der Waals surface area contributed by atoms with Crippen LogP contribution in [0.5, 0.6) is 11.5 Å². The van der Waals surface area contributed by atoms with Gasteiger partial charge in [0.15, 0.2) is 11.5 Å². The second-order valence-corrected chi connectivity index (χ2v) is 5.20. The number of carbonyl (C=O) groups excluding carboxylic acids is 1. The molecule has 2 aromatic rings. The molecule has 3 N–H and O–H groups in total. The van der Waals surface area contributed by atoms with Crippen LogP contribution in [0, 0.1) is 6.92 Å². The Balaban J connectivity index is 1.88. The molecule has 0 saturated carbocycles. The average Bonchev–Trinajstić information content (AvgIpc) is 2.85. The lowest BCUT2D eigenvalue weighted by Crippen LogP contribution is -2.13. The number of nitrogens with two attached hydrogens (primary N) is 1. The Hall–Kier alpha value is -2.40. The molecule has 1 amide bonds. The van der Waals surface area contributed by atoms with Crippen LogP contribution in [0.25, 0.3) is 0 Å². The molecule has 3 rings (SSSR count). The van der Waals surface area contributed by atoms with E-state index in [1.807, 2.05) is 6.92 Å². The van der Waals surface area contributed by atoms with Crippen LogP contribution < -0.4 is 20.5 Å². The zero-order chi connectivity index (χ0) is 15.0. The van der Waals surface area contributed by atoms with Gasteiger partial charge in [0.2, 0.25) is 6.79 Å². The van der Waals surface area contributed by atoms with Crippen LogP contribution in [0.15, 0.2) is 30.3 Å². The van der Waals surface area contributed by atoms with Crippen molar-refractivity contribution in [2.24, 2.45) is 0 Å². The van der Waals surface area contributed by atoms with E-state index < -0.39 is 0 Å². The number of nitrogens with one attached hydrogen (secondary N) is 1. The Morgan fingerprint density at radius 2 is 1.90 bits per heavy atom. The summed E-state index contributed by atoms with van der Waals surface area (Å²) in [6.45, 7) is 2.03. The second kappa shape index (κ2) is 5.18. The van der Waals surface area contributed by atoms with E-state index in [0.717, 1.165) is 5.56 Å². The minimum absolute atomic E-state index is 0.152. The Labute approximate surface area is 126 Å². The third-order valence-electron chi connectivity index (χ3n) is 3.10. The van der Waals surface area contributed by atoms with Crippen LogP contribution in [0.3, 0.4) is 0 Å². The molecule has 0 aromatic heterocycles. The number of anilines is 2. The lowest BCUT2D eigenvalue weighted by Gasteiger charge is -2.10. The van der Waals surface area contributed by atoms with Crippen molar-refractivity contribution in [3.8, 4) is 11.5 Å². The summed E-state index contributed by atoms with van der Waals surface area (Å²) in [5, 5.41) is 3.27. The number of hydrogen-bond donors (Lipinski definition) is 2. The number of benzene rings is 2. The van der Waals surface area contributed by atoms with Crippen LogP contribution in [0.2, 0.25) is 5.02 Å². The summed E-state index contributed by atoms with van der Waals surface area (Å²) < 4.78 is 10.5. The van der Waals surface area contributed by atoms with Crippen LogP contribution in [-0.2, 0) is 0 Å². The molecular formula is C15H13ClN2O3. The lowest BCUT2D eigenvalue weighted by molar-refractivity contribution is 0.102. The van der Waals surface area contributed by atoms with E-state index >= 15 is 0 Å². The standard InChI is InChI=1S/C15H13ClN2O3/c1-8-2-9(4-10(16)3-8)15(19)18-12-6-14-13(5-11(12)17)20-7-21-14/h2-6H,7,17H2,1H3,(H,18,19). The highest BCUT2D eigenvalue weighted by molar-refractivity contribution is 6.31. The molecule has 0 spiro atoms. The number of amides is 1. The van der Waals surface area contributed by atoms with Gasteiger partial charge in [0.1, 0.15) is 0 Å². The number of carbonyl (C=O) groups is 1. The SMILES string of the molecule is Cc1cc(Cl)cc(C(=O)Nc2cc3c(cc2N)OCO3)c1. The number of rotatable bonds is 2. The highest BCUT2D eigenvalue weighted by Gasteiger charge is 2.17. The lowest BCUT2D eigenvalue weighted by atomic mass is 10.1. The van der Waals surface area contributed by atoms with Crippen molar-refractivity contribution >= 4 is 28.9 Å². The van der Waals surface area contributed by atoms with Gasteiger partial charge in [-0.3, -0.25) is 4.79 Å². The fourth-order valence-corrected chi connectivity index (χ4v) is 2.42. The maximum absolute atomic E-state index is 12.3. The Kier molecular flexibility index (Phi) is 3.35. The number of fused-ring (bicyclic) bond motifs is 1. The summed E-state index contributed by atoms with van der Waals surface area (Å²) in [5.74, 6) is 0.844. The normalized spacial score (nSPS) is 12.3. The number of nitrogen functional groups attached to an aromatic ring is 1. The van der Waals surface area contributed by atoms with Gasteiger partial charge in [-0.05, 0) is 30.7 Å². The van der Waals surface area contributed by atoms with Crippen LogP contribution in [0.4, 0.5) is 11.4 Å². The summed E-state index contributed by atoms with van der Waals surface area (Å²) in [6.07, 6.45) is 0. The van der Waals surface area contributed by atoms with E-state index in [1.54, 1.807) is 30.3 Å². The van der Waals surface area contributed by atoms with Crippen molar-refractivity contribution in [1.29, 1.82) is 0 Å². The zero-order valence-electron chi connectivity index (χ0n) is 11.3. The second-order valence-electron chi connectivity index (χ2n) is 4.76. The Bertz CT molecular complexity index is 711. The molecule has 5 nitrogen and oxygen atoms in total. The highest BCUT2D eigenvalue weighted by Crippen LogP contribution is 2.38. The molecule has 2 aromatic carbocycles. The largest absolute Gasteiger partial charge is 0.454 e. The van der Waals surface area contributed by atoms with Gasteiger partial charge in [-0.15, -0.1) is 0 Å². The molecule has 108 valence electrons. The first kappa shape index (κ1) is 13.6. The molecule has 0 fully saturated rings. The minimum Gasteiger partial charge on any atom is -0.454 e. The number of hydrogen-bond acceptors (Lipinski definition) is 4. The summed E-state index contributed by atoms with van der Waals surface area (Å²) in [4.78, 5) is 12.3. The van der Waals surface area contributed by atoms with E-state index in [1.165, 1.54) is 0 Å². The molecular weight excluding hydrogens is 292 g/mol. The number of halogens is 1. The van der Waals surface area contributed by atoms with E-state index in [0.29, 0.717) is 33.5 Å². The van der Waals surface area contributed by atoms with Gasteiger partial charge in [0.25, 0.3) is 5.91 Å². The van der Waals surface area contributed by atoms with Gasteiger partial charge in [-0.1, -0.05) is 11.6 Å². The predicted octanol–water partition coefficient (Wildman–Crippen LogP) is 3.21. The van der Waals surface area contributed by atoms with E-state index in [2.05, 4.69) is 5.32 Å². The third-order valence-corrected chi connectivity index (χ3v) is 3.32. The Morgan fingerprint density at radius 3 is 2.62 bits per heavy atom. The van der Waals surface area contributed by atoms with E-state index in [-0.39, 0.29) is 12.7 Å². The molecule has 21 heavy (non-hydrogen) atoms. The van der Waals surface area contributed by atoms with Gasteiger partial charge >= 0.3 is 0 Å². The van der Waals surface area contributed by atoms with E-state index in [9.17, 15) is 4.79 Å². The molecule has 1 aliphatic heterocycles. The number of ether oxygens (including phenoxy) is 2.